The smallest absolute Gasteiger partial charge is 0.348 e. The van der Waals surface area contributed by atoms with Gasteiger partial charge in [0, 0.05) is 25.5 Å². The molecule has 1 saturated heterocycles. The van der Waals surface area contributed by atoms with Crippen LogP contribution in [0.4, 0.5) is 0 Å². The van der Waals surface area contributed by atoms with Crippen LogP contribution < -0.4 is 4.74 Å². The fourth-order valence-electron chi connectivity index (χ4n) is 1.92. The standard InChI is InChI=1S/C16H18O6/c1-9(2)20-11-6-5-10(13(17)8-11)7-12-14(18)21-16(3,4)22-15(12)19/h5-9,17H,1-4H3. The third-order valence-corrected chi connectivity index (χ3v) is 2.79. The lowest BCUT2D eigenvalue weighted by atomic mass is 10.1. The molecule has 1 aliphatic rings. The van der Waals surface area contributed by atoms with Gasteiger partial charge in [0.05, 0.1) is 6.10 Å². The molecule has 0 unspecified atom stereocenters. The molecule has 0 aliphatic carbocycles. The van der Waals surface area contributed by atoms with Crippen molar-refractivity contribution in [1.82, 2.24) is 0 Å². The van der Waals surface area contributed by atoms with Crippen LogP contribution >= 0.6 is 0 Å². The molecule has 1 aromatic carbocycles. The number of phenols is 1. The number of hydrogen-bond acceptors (Lipinski definition) is 6. The van der Waals surface area contributed by atoms with Gasteiger partial charge in [-0.2, -0.15) is 0 Å². The topological polar surface area (TPSA) is 82.1 Å². The van der Waals surface area contributed by atoms with Crippen LogP contribution in [0.1, 0.15) is 33.3 Å². The molecule has 1 fully saturated rings. The normalized spacial score (nSPS) is 17.0. The summed E-state index contributed by atoms with van der Waals surface area (Å²) in [6, 6.07) is 4.59. The van der Waals surface area contributed by atoms with Crippen LogP contribution in [0.25, 0.3) is 6.08 Å². The van der Waals surface area contributed by atoms with Crippen LogP contribution in [0.2, 0.25) is 0 Å². The Morgan fingerprint density at radius 1 is 1.18 bits per heavy atom. The van der Waals surface area contributed by atoms with Crippen molar-refractivity contribution >= 4 is 18.0 Å². The van der Waals surface area contributed by atoms with Gasteiger partial charge in [-0.1, -0.05) is 0 Å². The first-order valence-electron chi connectivity index (χ1n) is 6.86. The zero-order chi connectivity index (χ0) is 16.5. The maximum atomic E-state index is 11.9. The van der Waals surface area contributed by atoms with Crippen molar-refractivity contribution in [2.75, 3.05) is 0 Å². The van der Waals surface area contributed by atoms with Gasteiger partial charge in [-0.15, -0.1) is 0 Å². The Morgan fingerprint density at radius 2 is 1.77 bits per heavy atom. The van der Waals surface area contributed by atoms with Gasteiger partial charge in [0.25, 0.3) is 5.79 Å². The summed E-state index contributed by atoms with van der Waals surface area (Å²) >= 11 is 0. The van der Waals surface area contributed by atoms with Gasteiger partial charge in [0.2, 0.25) is 0 Å². The van der Waals surface area contributed by atoms with Crippen LogP contribution in [-0.2, 0) is 19.1 Å². The fourth-order valence-corrected chi connectivity index (χ4v) is 1.92. The van der Waals surface area contributed by atoms with Crippen LogP contribution in [0.5, 0.6) is 11.5 Å². The molecule has 2 rings (SSSR count). The van der Waals surface area contributed by atoms with E-state index in [0.29, 0.717) is 11.3 Å². The van der Waals surface area contributed by atoms with Gasteiger partial charge in [-0.3, -0.25) is 0 Å². The van der Waals surface area contributed by atoms with Gasteiger partial charge in [0.1, 0.15) is 17.1 Å². The first-order chi connectivity index (χ1) is 10.2. The minimum atomic E-state index is -1.29. The first kappa shape index (κ1) is 15.9. The van der Waals surface area contributed by atoms with Gasteiger partial charge >= 0.3 is 11.9 Å². The quantitative estimate of drug-likeness (QED) is 0.524. The summed E-state index contributed by atoms with van der Waals surface area (Å²) in [5.41, 5.74) is 0.0202. The molecule has 0 radical (unpaired) electrons. The highest BCUT2D eigenvalue weighted by Gasteiger charge is 2.38. The average molecular weight is 306 g/mol. The molecule has 0 atom stereocenters. The largest absolute Gasteiger partial charge is 0.507 e. The van der Waals surface area contributed by atoms with Gasteiger partial charge in [0.15, 0.2) is 0 Å². The van der Waals surface area contributed by atoms with E-state index in [1.54, 1.807) is 12.1 Å². The molecule has 0 bridgehead atoms. The molecule has 1 heterocycles. The van der Waals surface area contributed by atoms with E-state index in [0.717, 1.165) is 0 Å². The second kappa shape index (κ2) is 5.71. The van der Waals surface area contributed by atoms with Gasteiger partial charge in [-0.25, -0.2) is 9.59 Å². The Kier molecular flexibility index (Phi) is 4.12. The third-order valence-electron chi connectivity index (χ3n) is 2.79. The number of carbonyl (C=O) groups is 2. The van der Waals surface area contributed by atoms with Crippen molar-refractivity contribution < 1.29 is 28.9 Å². The Balaban J connectivity index is 2.29. The predicted octanol–water partition coefficient (Wildman–Crippen LogP) is 2.40. The molecule has 1 N–H and O–H groups in total. The summed E-state index contributed by atoms with van der Waals surface area (Å²) in [4.78, 5) is 23.7. The number of benzene rings is 1. The summed E-state index contributed by atoms with van der Waals surface area (Å²) in [5, 5.41) is 9.98. The number of rotatable bonds is 3. The van der Waals surface area contributed by atoms with E-state index >= 15 is 0 Å². The molecule has 0 saturated carbocycles. The summed E-state index contributed by atoms with van der Waals surface area (Å²) in [6.07, 6.45) is 1.20. The third kappa shape index (κ3) is 3.58. The first-order valence-corrected chi connectivity index (χ1v) is 6.86. The predicted molar refractivity (Wildman–Crippen MR) is 78.1 cm³/mol. The summed E-state index contributed by atoms with van der Waals surface area (Å²) < 4.78 is 15.4. The zero-order valence-electron chi connectivity index (χ0n) is 12.9. The SMILES string of the molecule is CC(C)Oc1ccc(C=C2C(=O)OC(C)(C)OC2=O)c(O)c1. The van der Waals surface area contributed by atoms with Crippen molar-refractivity contribution in [2.24, 2.45) is 0 Å². The number of carbonyl (C=O) groups excluding carboxylic acids is 2. The van der Waals surface area contributed by atoms with Gasteiger partial charge in [-0.05, 0) is 32.1 Å². The molecule has 0 aromatic heterocycles. The van der Waals surface area contributed by atoms with E-state index in [4.69, 9.17) is 14.2 Å². The lowest BCUT2D eigenvalue weighted by molar-refractivity contribution is -0.222. The van der Waals surface area contributed by atoms with E-state index in [2.05, 4.69) is 0 Å². The number of phenolic OH excluding ortho intramolecular Hbond substituents is 1. The van der Waals surface area contributed by atoms with E-state index in [1.165, 1.54) is 26.0 Å². The monoisotopic (exact) mass is 306 g/mol. The maximum absolute atomic E-state index is 11.9. The van der Waals surface area contributed by atoms with E-state index in [1.807, 2.05) is 13.8 Å². The zero-order valence-corrected chi connectivity index (χ0v) is 12.9. The van der Waals surface area contributed by atoms with Crippen molar-refractivity contribution in [1.29, 1.82) is 0 Å². The molecule has 1 aromatic rings. The van der Waals surface area contributed by atoms with Crippen LogP contribution in [0, 0.1) is 0 Å². The van der Waals surface area contributed by atoms with Crippen molar-refractivity contribution in [3.05, 3.63) is 29.3 Å². The van der Waals surface area contributed by atoms with Crippen LogP contribution in [0.3, 0.4) is 0 Å². The molecule has 118 valence electrons. The number of esters is 2. The lowest BCUT2D eigenvalue weighted by Gasteiger charge is -2.29. The minimum Gasteiger partial charge on any atom is -0.507 e. The average Bonchev–Trinajstić information content (AvgIpc) is 2.33. The van der Waals surface area contributed by atoms with Crippen molar-refractivity contribution in [3.63, 3.8) is 0 Å². The number of cyclic esters (lactones) is 2. The Bertz CT molecular complexity index is 620. The Morgan fingerprint density at radius 3 is 2.27 bits per heavy atom. The molecular weight excluding hydrogens is 288 g/mol. The van der Waals surface area contributed by atoms with E-state index < -0.39 is 17.7 Å². The Labute approximate surface area is 128 Å². The highest BCUT2D eigenvalue weighted by Crippen LogP contribution is 2.29. The molecule has 22 heavy (non-hydrogen) atoms. The summed E-state index contributed by atoms with van der Waals surface area (Å²) in [5.74, 6) is -2.49. The van der Waals surface area contributed by atoms with E-state index in [9.17, 15) is 14.7 Å². The highest BCUT2D eigenvalue weighted by atomic mass is 16.7. The van der Waals surface area contributed by atoms with E-state index in [-0.39, 0.29) is 17.4 Å². The number of aromatic hydroxyl groups is 1. The number of hydrogen-bond donors (Lipinski definition) is 1. The molecule has 6 heteroatoms. The molecule has 6 nitrogen and oxygen atoms in total. The number of ether oxygens (including phenoxy) is 3. The molecule has 0 amide bonds. The highest BCUT2D eigenvalue weighted by molar-refractivity contribution is 6.19. The Hall–Kier alpha value is -2.50. The van der Waals surface area contributed by atoms with Crippen LogP contribution in [-0.4, -0.2) is 28.9 Å². The van der Waals surface area contributed by atoms with Crippen LogP contribution in [0.15, 0.2) is 23.8 Å². The molecule has 0 spiro atoms. The second-order valence-electron chi connectivity index (χ2n) is 5.62. The molecular formula is C16H18O6. The molecule has 1 aliphatic heterocycles. The van der Waals surface area contributed by atoms with Gasteiger partial charge < -0.3 is 19.3 Å². The van der Waals surface area contributed by atoms with Crippen molar-refractivity contribution in [2.45, 2.75) is 39.6 Å². The second-order valence-corrected chi connectivity index (χ2v) is 5.62. The summed E-state index contributed by atoms with van der Waals surface area (Å²) in [7, 11) is 0. The maximum Gasteiger partial charge on any atom is 0.348 e. The fraction of sp³-hybridized carbons (Fsp3) is 0.375. The minimum absolute atomic E-state index is 0.0332. The lowest BCUT2D eigenvalue weighted by Crippen LogP contribution is -2.41. The summed E-state index contributed by atoms with van der Waals surface area (Å²) in [6.45, 7) is 6.66. The van der Waals surface area contributed by atoms with Crippen molar-refractivity contribution in [3.8, 4) is 11.5 Å².